The van der Waals surface area contributed by atoms with Crippen molar-refractivity contribution < 1.29 is 9.00 Å². The Bertz CT molecular complexity index is 710. The van der Waals surface area contributed by atoms with Gasteiger partial charge in [0, 0.05) is 53.9 Å². The Balaban J connectivity index is 0.00000320. The van der Waals surface area contributed by atoms with Gasteiger partial charge in [-0.05, 0) is 31.7 Å². The monoisotopic (exact) mass is 546 g/mol. The van der Waals surface area contributed by atoms with Crippen LogP contribution < -0.4 is 10.6 Å². The molecule has 0 radical (unpaired) electrons. The van der Waals surface area contributed by atoms with Crippen molar-refractivity contribution in [3.05, 3.63) is 35.9 Å². The molecule has 1 saturated heterocycles. The van der Waals surface area contributed by atoms with E-state index in [1.165, 1.54) is 12.8 Å². The highest BCUT2D eigenvalue weighted by Crippen LogP contribution is 2.27. The molecule has 1 aliphatic heterocycles. The van der Waals surface area contributed by atoms with Crippen LogP contribution in [0.3, 0.4) is 0 Å². The van der Waals surface area contributed by atoms with E-state index in [0.29, 0.717) is 24.0 Å². The number of likely N-dealkylation sites (tertiary alicyclic amines) is 1. The number of hydrogen-bond donors (Lipinski definition) is 2. The van der Waals surface area contributed by atoms with Crippen molar-refractivity contribution in [3.8, 4) is 0 Å². The smallest absolute Gasteiger partial charge is 0.225 e. The second-order valence-electron chi connectivity index (χ2n) is 7.93. The molecule has 2 N–H and O–H groups in total. The van der Waals surface area contributed by atoms with Crippen LogP contribution >= 0.6 is 24.0 Å². The molecule has 0 spiro atoms. The number of amides is 1. The Kier molecular flexibility index (Phi) is 11.1. The molecule has 2 fully saturated rings. The minimum absolute atomic E-state index is 0. The highest BCUT2D eigenvalue weighted by Gasteiger charge is 2.32. The van der Waals surface area contributed by atoms with Crippen LogP contribution in [0.25, 0.3) is 0 Å². The van der Waals surface area contributed by atoms with Crippen LogP contribution in [0, 0.1) is 5.92 Å². The van der Waals surface area contributed by atoms with Crippen molar-refractivity contribution in [2.75, 3.05) is 31.9 Å². The van der Waals surface area contributed by atoms with E-state index in [-0.39, 0.29) is 35.9 Å². The Morgan fingerprint density at radius 2 is 1.93 bits per heavy atom. The zero-order valence-electron chi connectivity index (χ0n) is 17.8. The van der Waals surface area contributed by atoms with E-state index < -0.39 is 10.8 Å². The van der Waals surface area contributed by atoms with Gasteiger partial charge in [0.15, 0.2) is 5.96 Å². The van der Waals surface area contributed by atoms with Gasteiger partial charge >= 0.3 is 0 Å². The Hall–Kier alpha value is -1.16. The molecule has 8 heteroatoms. The minimum Gasteiger partial charge on any atom is -0.357 e. The number of halogens is 1. The van der Waals surface area contributed by atoms with Gasteiger partial charge in [0.25, 0.3) is 0 Å². The lowest BCUT2D eigenvalue weighted by Gasteiger charge is -2.21. The van der Waals surface area contributed by atoms with Gasteiger partial charge in [-0.15, -0.1) is 24.0 Å². The summed E-state index contributed by atoms with van der Waals surface area (Å²) in [6.07, 6.45) is 5.43. The van der Waals surface area contributed by atoms with E-state index in [1.54, 1.807) is 0 Å². The Morgan fingerprint density at radius 1 is 1.20 bits per heavy atom. The maximum atomic E-state index is 12.6. The number of nitrogens with one attached hydrogen (secondary N) is 2. The number of aliphatic imine (C=N–C) groups is 1. The molecule has 3 rings (SSSR count). The standard InChI is InChI=1S/C22H34N4O2S.HI/c1-2-23-22(24-13-15-29(28)17-18-8-4-3-5-9-18)25-20-12-14-26(16-20)21(27)19-10-6-7-11-19;/h3-5,8-9,19-20H,2,6-7,10-17H2,1H3,(H2,23,24,25);1H. The lowest BCUT2D eigenvalue weighted by molar-refractivity contribution is -0.134. The second kappa shape index (κ2) is 13.3. The van der Waals surface area contributed by atoms with Crippen molar-refractivity contribution in [2.24, 2.45) is 10.9 Å². The van der Waals surface area contributed by atoms with Crippen LogP contribution in [0.4, 0.5) is 0 Å². The van der Waals surface area contributed by atoms with E-state index in [9.17, 15) is 9.00 Å². The molecule has 1 amide bonds. The van der Waals surface area contributed by atoms with Gasteiger partial charge in [0.2, 0.25) is 5.91 Å². The first-order valence-electron chi connectivity index (χ1n) is 10.9. The number of benzene rings is 1. The first kappa shape index (κ1) is 25.1. The van der Waals surface area contributed by atoms with Crippen molar-refractivity contribution in [1.29, 1.82) is 0 Å². The Morgan fingerprint density at radius 3 is 2.63 bits per heavy atom. The third-order valence-electron chi connectivity index (χ3n) is 5.65. The summed E-state index contributed by atoms with van der Waals surface area (Å²) in [6.45, 7) is 4.91. The zero-order valence-corrected chi connectivity index (χ0v) is 21.0. The van der Waals surface area contributed by atoms with Crippen LogP contribution in [0.5, 0.6) is 0 Å². The number of carbonyl (C=O) groups excluding carboxylic acids is 1. The zero-order chi connectivity index (χ0) is 20.5. The molecule has 30 heavy (non-hydrogen) atoms. The predicted octanol–water partition coefficient (Wildman–Crippen LogP) is 2.90. The fourth-order valence-corrected chi connectivity index (χ4v) is 5.12. The number of rotatable bonds is 8. The highest BCUT2D eigenvalue weighted by atomic mass is 127. The molecule has 1 aliphatic carbocycles. The quantitative estimate of drug-likeness (QED) is 0.299. The van der Waals surface area contributed by atoms with Gasteiger partial charge in [0.1, 0.15) is 0 Å². The lowest BCUT2D eigenvalue weighted by atomic mass is 10.1. The summed E-state index contributed by atoms with van der Waals surface area (Å²) in [4.78, 5) is 19.2. The summed E-state index contributed by atoms with van der Waals surface area (Å²) in [7, 11) is -0.924. The van der Waals surface area contributed by atoms with Gasteiger partial charge < -0.3 is 15.5 Å². The van der Waals surface area contributed by atoms with Crippen LogP contribution in [-0.4, -0.2) is 58.9 Å². The van der Waals surface area contributed by atoms with E-state index in [2.05, 4.69) is 15.6 Å². The summed E-state index contributed by atoms with van der Waals surface area (Å²) < 4.78 is 12.3. The molecular formula is C22H35IN4O2S. The minimum atomic E-state index is -0.924. The summed E-state index contributed by atoms with van der Waals surface area (Å²) in [5.41, 5.74) is 1.10. The molecule has 1 heterocycles. The Labute approximate surface area is 200 Å². The molecule has 2 unspecified atom stereocenters. The van der Waals surface area contributed by atoms with Gasteiger partial charge in [0.05, 0.1) is 6.54 Å². The van der Waals surface area contributed by atoms with E-state index >= 15 is 0 Å². The molecule has 6 nitrogen and oxygen atoms in total. The average molecular weight is 547 g/mol. The van der Waals surface area contributed by atoms with Gasteiger partial charge in [-0.2, -0.15) is 0 Å². The van der Waals surface area contributed by atoms with Crippen molar-refractivity contribution >= 4 is 46.6 Å². The summed E-state index contributed by atoms with van der Waals surface area (Å²) in [6, 6.07) is 10.2. The average Bonchev–Trinajstić information content (AvgIpc) is 3.41. The molecular weight excluding hydrogens is 511 g/mol. The maximum Gasteiger partial charge on any atom is 0.225 e. The third-order valence-corrected chi connectivity index (χ3v) is 6.94. The van der Waals surface area contributed by atoms with Crippen molar-refractivity contribution in [1.82, 2.24) is 15.5 Å². The maximum absolute atomic E-state index is 12.6. The molecule has 0 bridgehead atoms. The molecule has 2 aliphatic rings. The molecule has 1 aromatic rings. The summed E-state index contributed by atoms with van der Waals surface area (Å²) >= 11 is 0. The molecule has 2 atom stereocenters. The number of nitrogens with zero attached hydrogens (tertiary/aromatic N) is 2. The number of guanidine groups is 1. The van der Waals surface area contributed by atoms with E-state index in [1.807, 2.05) is 42.2 Å². The van der Waals surface area contributed by atoms with Crippen LogP contribution in [0.15, 0.2) is 35.3 Å². The van der Waals surface area contributed by atoms with Crippen LogP contribution in [0.2, 0.25) is 0 Å². The molecule has 168 valence electrons. The van der Waals surface area contributed by atoms with Crippen LogP contribution in [0.1, 0.15) is 44.6 Å². The first-order chi connectivity index (χ1) is 14.2. The highest BCUT2D eigenvalue weighted by molar-refractivity contribution is 14.0. The van der Waals surface area contributed by atoms with E-state index in [0.717, 1.165) is 50.4 Å². The summed E-state index contributed by atoms with van der Waals surface area (Å²) in [5.74, 6) is 2.45. The molecule has 1 saturated carbocycles. The molecule has 0 aromatic heterocycles. The first-order valence-corrected chi connectivity index (χ1v) is 12.4. The van der Waals surface area contributed by atoms with Gasteiger partial charge in [-0.1, -0.05) is 43.2 Å². The predicted molar refractivity (Wildman–Crippen MR) is 135 cm³/mol. The van der Waals surface area contributed by atoms with Crippen LogP contribution in [-0.2, 0) is 21.3 Å². The normalized spacial score (nSPS) is 20.6. The summed E-state index contributed by atoms with van der Waals surface area (Å²) in [5, 5.41) is 6.73. The second-order valence-corrected chi connectivity index (χ2v) is 9.51. The fraction of sp³-hybridized carbons (Fsp3) is 0.636. The van der Waals surface area contributed by atoms with Gasteiger partial charge in [-0.3, -0.25) is 14.0 Å². The lowest BCUT2D eigenvalue weighted by Crippen LogP contribution is -2.45. The third kappa shape index (κ3) is 7.83. The SMILES string of the molecule is CCNC(=NCCS(=O)Cc1ccccc1)NC1CCN(C(=O)C2CCCC2)C1.I. The van der Waals surface area contributed by atoms with Crippen molar-refractivity contribution in [2.45, 2.75) is 50.8 Å². The topological polar surface area (TPSA) is 73.8 Å². The number of carbonyl (C=O) groups is 1. The van der Waals surface area contributed by atoms with E-state index in [4.69, 9.17) is 0 Å². The number of hydrogen-bond acceptors (Lipinski definition) is 3. The molecule has 1 aromatic carbocycles. The van der Waals surface area contributed by atoms with Crippen molar-refractivity contribution in [3.63, 3.8) is 0 Å². The van der Waals surface area contributed by atoms with Gasteiger partial charge in [-0.25, -0.2) is 0 Å². The fourth-order valence-electron chi connectivity index (χ4n) is 4.11. The largest absolute Gasteiger partial charge is 0.357 e.